The summed E-state index contributed by atoms with van der Waals surface area (Å²) in [6.45, 7) is 5.50. The fourth-order valence-corrected chi connectivity index (χ4v) is 2.13. The topological polar surface area (TPSA) is 21.3 Å². The lowest BCUT2D eigenvalue weighted by molar-refractivity contribution is 0.482. The van der Waals surface area contributed by atoms with Gasteiger partial charge in [-0.3, -0.25) is 0 Å². The summed E-state index contributed by atoms with van der Waals surface area (Å²) in [5.74, 6) is 2.46. The van der Waals surface area contributed by atoms with Gasteiger partial charge in [0, 0.05) is 18.3 Å². The molecule has 0 aromatic heterocycles. The van der Waals surface area contributed by atoms with Crippen molar-refractivity contribution in [1.82, 2.24) is 0 Å². The second-order valence-electron chi connectivity index (χ2n) is 5.01. The predicted octanol–water partition coefficient (Wildman–Crippen LogP) is 5.33. The van der Waals surface area contributed by atoms with E-state index in [9.17, 15) is 0 Å². The average molecular weight is 269 g/mol. The molecule has 0 aliphatic carbocycles. The molecule has 106 valence electrons. The Morgan fingerprint density at radius 1 is 0.900 bits per heavy atom. The number of rotatable bonds is 7. The van der Waals surface area contributed by atoms with E-state index < -0.39 is 0 Å². The minimum Gasteiger partial charge on any atom is -0.457 e. The highest BCUT2D eigenvalue weighted by molar-refractivity contribution is 5.49. The van der Waals surface area contributed by atoms with Gasteiger partial charge in [0.1, 0.15) is 11.5 Å². The Morgan fingerprint density at radius 3 is 2.30 bits per heavy atom. The van der Waals surface area contributed by atoms with Gasteiger partial charge in [-0.2, -0.15) is 0 Å². The van der Waals surface area contributed by atoms with Crippen LogP contribution in [0.4, 0.5) is 5.69 Å². The molecule has 0 radical (unpaired) electrons. The molecule has 0 spiro atoms. The Balaban J connectivity index is 1.97. The summed E-state index contributed by atoms with van der Waals surface area (Å²) >= 11 is 0. The lowest BCUT2D eigenvalue weighted by atomic mass is 10.0. The summed E-state index contributed by atoms with van der Waals surface area (Å²) in [4.78, 5) is 0. The maximum atomic E-state index is 5.84. The molecule has 0 unspecified atom stereocenters. The molecule has 0 heterocycles. The maximum Gasteiger partial charge on any atom is 0.129 e. The van der Waals surface area contributed by atoms with Gasteiger partial charge in [-0.05, 0) is 30.2 Å². The van der Waals surface area contributed by atoms with Crippen LogP contribution in [0.3, 0.4) is 0 Å². The fraction of sp³-hybridized carbons (Fsp3) is 0.333. The Labute approximate surface area is 121 Å². The van der Waals surface area contributed by atoms with Gasteiger partial charge in [0.15, 0.2) is 0 Å². The van der Waals surface area contributed by atoms with Gasteiger partial charge in [0.2, 0.25) is 0 Å². The summed E-state index contributed by atoms with van der Waals surface area (Å²) in [6.07, 6.45) is 2.42. The third kappa shape index (κ3) is 4.30. The molecular weight excluding hydrogens is 246 g/mol. The Bertz CT molecular complexity index is 506. The zero-order valence-corrected chi connectivity index (χ0v) is 12.3. The molecule has 0 aliphatic heterocycles. The second kappa shape index (κ2) is 7.59. The summed E-state index contributed by atoms with van der Waals surface area (Å²) in [6, 6.07) is 18.0. The van der Waals surface area contributed by atoms with Gasteiger partial charge >= 0.3 is 0 Å². The predicted molar refractivity (Wildman–Crippen MR) is 85.5 cm³/mol. The highest BCUT2D eigenvalue weighted by Gasteiger charge is 2.03. The zero-order chi connectivity index (χ0) is 14.2. The number of hydrogen-bond acceptors (Lipinski definition) is 2. The van der Waals surface area contributed by atoms with Gasteiger partial charge in [0.05, 0.1) is 0 Å². The van der Waals surface area contributed by atoms with Crippen molar-refractivity contribution in [2.24, 2.45) is 5.92 Å². The first kappa shape index (κ1) is 14.4. The van der Waals surface area contributed by atoms with Gasteiger partial charge < -0.3 is 10.1 Å². The van der Waals surface area contributed by atoms with Crippen molar-refractivity contribution in [1.29, 1.82) is 0 Å². The number of nitrogens with one attached hydrogen (secondary N) is 1. The van der Waals surface area contributed by atoms with E-state index in [4.69, 9.17) is 4.74 Å². The first-order valence-electron chi connectivity index (χ1n) is 7.38. The van der Waals surface area contributed by atoms with Crippen LogP contribution in [0.1, 0.15) is 26.7 Å². The standard InChI is InChI=1S/C18H23NO/c1-3-15(4-2)14-19-16-9-8-12-18(13-16)20-17-10-6-5-7-11-17/h5-13,15,19H,3-4,14H2,1-2H3. The van der Waals surface area contributed by atoms with Gasteiger partial charge in [-0.1, -0.05) is 51.0 Å². The van der Waals surface area contributed by atoms with Crippen LogP contribution in [0.15, 0.2) is 54.6 Å². The number of benzene rings is 2. The van der Waals surface area contributed by atoms with Crippen molar-refractivity contribution in [3.05, 3.63) is 54.6 Å². The van der Waals surface area contributed by atoms with Crippen LogP contribution in [0.25, 0.3) is 0 Å². The van der Waals surface area contributed by atoms with Crippen LogP contribution in [-0.4, -0.2) is 6.54 Å². The smallest absolute Gasteiger partial charge is 0.129 e. The fourth-order valence-electron chi connectivity index (χ4n) is 2.13. The van der Waals surface area contributed by atoms with E-state index in [2.05, 4.69) is 31.3 Å². The van der Waals surface area contributed by atoms with E-state index in [0.29, 0.717) is 0 Å². The first-order chi connectivity index (χ1) is 9.81. The molecule has 0 atom stereocenters. The SMILES string of the molecule is CCC(CC)CNc1cccc(Oc2ccccc2)c1. The summed E-state index contributed by atoms with van der Waals surface area (Å²) < 4.78 is 5.84. The van der Waals surface area contributed by atoms with Crippen molar-refractivity contribution in [3.63, 3.8) is 0 Å². The lowest BCUT2D eigenvalue weighted by Crippen LogP contribution is -2.12. The molecular formula is C18H23NO. The molecule has 2 rings (SSSR count). The summed E-state index contributed by atoms with van der Waals surface area (Å²) in [5.41, 5.74) is 1.12. The van der Waals surface area contributed by atoms with Crippen LogP contribution in [0.2, 0.25) is 0 Å². The summed E-state index contributed by atoms with van der Waals surface area (Å²) in [7, 11) is 0. The van der Waals surface area contributed by atoms with Gasteiger partial charge in [-0.25, -0.2) is 0 Å². The number of hydrogen-bond donors (Lipinski definition) is 1. The number of ether oxygens (including phenoxy) is 1. The second-order valence-corrected chi connectivity index (χ2v) is 5.01. The Morgan fingerprint density at radius 2 is 1.60 bits per heavy atom. The largest absolute Gasteiger partial charge is 0.457 e. The molecule has 0 aliphatic rings. The molecule has 1 N–H and O–H groups in total. The van der Waals surface area contributed by atoms with E-state index in [1.165, 1.54) is 12.8 Å². The highest BCUT2D eigenvalue weighted by atomic mass is 16.5. The third-order valence-corrected chi connectivity index (χ3v) is 3.56. The van der Waals surface area contributed by atoms with Crippen LogP contribution in [0.5, 0.6) is 11.5 Å². The van der Waals surface area contributed by atoms with E-state index in [1.807, 2.05) is 42.5 Å². The van der Waals surface area contributed by atoms with Gasteiger partial charge in [0.25, 0.3) is 0 Å². The van der Waals surface area contributed by atoms with Crippen LogP contribution >= 0.6 is 0 Å². The molecule has 2 nitrogen and oxygen atoms in total. The molecule has 2 aromatic rings. The lowest BCUT2D eigenvalue weighted by Gasteiger charge is -2.15. The van der Waals surface area contributed by atoms with Crippen molar-refractivity contribution >= 4 is 5.69 Å². The van der Waals surface area contributed by atoms with E-state index in [0.717, 1.165) is 29.6 Å². The van der Waals surface area contributed by atoms with E-state index >= 15 is 0 Å². The highest BCUT2D eigenvalue weighted by Crippen LogP contribution is 2.24. The van der Waals surface area contributed by atoms with E-state index in [-0.39, 0.29) is 0 Å². The van der Waals surface area contributed by atoms with Crippen LogP contribution in [-0.2, 0) is 0 Å². The van der Waals surface area contributed by atoms with Crippen LogP contribution < -0.4 is 10.1 Å². The molecule has 0 saturated carbocycles. The third-order valence-electron chi connectivity index (χ3n) is 3.56. The van der Waals surface area contributed by atoms with Crippen molar-refractivity contribution < 1.29 is 4.74 Å². The minimum atomic E-state index is 0.730. The van der Waals surface area contributed by atoms with Crippen molar-refractivity contribution in [2.45, 2.75) is 26.7 Å². The molecule has 0 saturated heterocycles. The van der Waals surface area contributed by atoms with Crippen molar-refractivity contribution in [3.8, 4) is 11.5 Å². The molecule has 2 aromatic carbocycles. The molecule has 0 fully saturated rings. The van der Waals surface area contributed by atoms with Gasteiger partial charge in [-0.15, -0.1) is 0 Å². The quantitative estimate of drug-likeness (QED) is 0.733. The maximum absolute atomic E-state index is 5.84. The molecule has 0 amide bonds. The monoisotopic (exact) mass is 269 g/mol. The first-order valence-corrected chi connectivity index (χ1v) is 7.38. The number of anilines is 1. The molecule has 0 bridgehead atoms. The van der Waals surface area contributed by atoms with Crippen LogP contribution in [0, 0.1) is 5.92 Å². The molecule has 20 heavy (non-hydrogen) atoms. The minimum absolute atomic E-state index is 0.730. The zero-order valence-electron chi connectivity index (χ0n) is 12.3. The van der Waals surface area contributed by atoms with E-state index in [1.54, 1.807) is 0 Å². The Kier molecular flexibility index (Phi) is 5.48. The van der Waals surface area contributed by atoms with Crippen molar-refractivity contribution in [2.75, 3.05) is 11.9 Å². The number of para-hydroxylation sites is 1. The average Bonchev–Trinajstić information content (AvgIpc) is 2.50. The Hall–Kier alpha value is -1.96. The summed E-state index contributed by atoms with van der Waals surface area (Å²) in [5, 5.41) is 3.49. The normalized spacial score (nSPS) is 10.6. The molecule has 2 heteroatoms.